The third-order valence-electron chi connectivity index (χ3n) is 3.37. The molecule has 0 aliphatic carbocycles. The number of aromatic nitrogens is 1. The van der Waals surface area contributed by atoms with E-state index in [4.69, 9.17) is 16.0 Å². The van der Waals surface area contributed by atoms with Gasteiger partial charge in [0.2, 0.25) is 11.8 Å². The molecular weight excluding hydrogens is 312 g/mol. The Bertz CT molecular complexity index is 811. The molecule has 0 atom stereocenters. The SMILES string of the molecule is Cc1oc(-c2ccccc2)nc1CC(=O)Nc1ccc(Cl)cc1. The fourth-order valence-electron chi connectivity index (χ4n) is 2.19. The maximum absolute atomic E-state index is 12.1. The topological polar surface area (TPSA) is 55.1 Å². The molecule has 0 spiro atoms. The van der Waals surface area contributed by atoms with E-state index in [1.54, 1.807) is 24.3 Å². The number of nitrogens with one attached hydrogen (secondary N) is 1. The van der Waals surface area contributed by atoms with Gasteiger partial charge in [-0.25, -0.2) is 4.98 Å². The third-order valence-corrected chi connectivity index (χ3v) is 3.62. The molecule has 1 amide bonds. The van der Waals surface area contributed by atoms with Crippen molar-refractivity contribution in [2.75, 3.05) is 5.32 Å². The van der Waals surface area contributed by atoms with Gasteiger partial charge in [-0.05, 0) is 43.3 Å². The number of hydrogen-bond donors (Lipinski definition) is 1. The Labute approximate surface area is 139 Å². The van der Waals surface area contributed by atoms with Gasteiger partial charge < -0.3 is 9.73 Å². The maximum atomic E-state index is 12.1. The molecule has 1 N–H and O–H groups in total. The van der Waals surface area contributed by atoms with Crippen molar-refractivity contribution in [3.8, 4) is 11.5 Å². The van der Waals surface area contributed by atoms with E-state index in [1.807, 2.05) is 37.3 Å². The molecule has 0 saturated heterocycles. The van der Waals surface area contributed by atoms with Crippen LogP contribution >= 0.6 is 11.6 Å². The number of rotatable bonds is 4. The molecule has 4 nitrogen and oxygen atoms in total. The first-order chi connectivity index (χ1) is 11.1. The quantitative estimate of drug-likeness (QED) is 0.768. The molecule has 2 aromatic carbocycles. The molecule has 5 heteroatoms. The first-order valence-electron chi connectivity index (χ1n) is 7.19. The van der Waals surface area contributed by atoms with Crippen LogP contribution in [-0.4, -0.2) is 10.9 Å². The highest BCUT2D eigenvalue weighted by atomic mass is 35.5. The molecule has 3 aromatic rings. The number of benzene rings is 2. The number of carbonyl (C=O) groups is 1. The van der Waals surface area contributed by atoms with Crippen molar-refractivity contribution in [3.63, 3.8) is 0 Å². The molecule has 0 unspecified atom stereocenters. The number of carbonyl (C=O) groups excluding carboxylic acids is 1. The van der Waals surface area contributed by atoms with Gasteiger partial charge in [0.1, 0.15) is 5.76 Å². The van der Waals surface area contributed by atoms with Crippen LogP contribution in [0.5, 0.6) is 0 Å². The molecule has 1 heterocycles. The Balaban J connectivity index is 1.71. The Kier molecular flexibility index (Phi) is 4.44. The summed E-state index contributed by atoms with van der Waals surface area (Å²) in [4.78, 5) is 16.6. The number of aryl methyl sites for hydroxylation is 1. The Morgan fingerprint density at radius 1 is 1.13 bits per heavy atom. The van der Waals surface area contributed by atoms with Gasteiger partial charge in [-0.2, -0.15) is 0 Å². The second-order valence-electron chi connectivity index (χ2n) is 5.12. The summed E-state index contributed by atoms with van der Waals surface area (Å²) in [5.74, 6) is 1.02. The molecule has 3 rings (SSSR count). The zero-order valence-electron chi connectivity index (χ0n) is 12.5. The van der Waals surface area contributed by atoms with Crippen LogP contribution in [0.3, 0.4) is 0 Å². The van der Waals surface area contributed by atoms with Crippen molar-refractivity contribution in [2.45, 2.75) is 13.3 Å². The fraction of sp³-hybridized carbons (Fsp3) is 0.111. The average Bonchev–Trinajstić information content (AvgIpc) is 2.91. The minimum atomic E-state index is -0.150. The zero-order chi connectivity index (χ0) is 16.2. The van der Waals surface area contributed by atoms with Crippen molar-refractivity contribution < 1.29 is 9.21 Å². The standard InChI is InChI=1S/C18H15ClN2O2/c1-12-16(21-18(23-12)13-5-3-2-4-6-13)11-17(22)20-15-9-7-14(19)8-10-15/h2-10H,11H2,1H3,(H,20,22). The van der Waals surface area contributed by atoms with Crippen molar-refractivity contribution in [3.05, 3.63) is 71.1 Å². The highest BCUT2D eigenvalue weighted by Crippen LogP contribution is 2.22. The molecular formula is C18H15ClN2O2. The van der Waals surface area contributed by atoms with Gasteiger partial charge in [-0.3, -0.25) is 4.79 Å². The predicted molar refractivity (Wildman–Crippen MR) is 90.5 cm³/mol. The van der Waals surface area contributed by atoms with Crippen LogP contribution in [0.15, 0.2) is 59.0 Å². The lowest BCUT2D eigenvalue weighted by atomic mass is 10.2. The van der Waals surface area contributed by atoms with Crippen LogP contribution in [0.4, 0.5) is 5.69 Å². The number of hydrogen-bond acceptors (Lipinski definition) is 3. The van der Waals surface area contributed by atoms with E-state index in [0.29, 0.717) is 28.1 Å². The van der Waals surface area contributed by atoms with E-state index >= 15 is 0 Å². The minimum absolute atomic E-state index is 0.150. The zero-order valence-corrected chi connectivity index (χ0v) is 13.3. The van der Waals surface area contributed by atoms with Crippen LogP contribution in [0.25, 0.3) is 11.5 Å². The molecule has 116 valence electrons. The summed E-state index contributed by atoms with van der Waals surface area (Å²) in [6, 6.07) is 16.6. The third kappa shape index (κ3) is 3.79. The second kappa shape index (κ2) is 6.67. The van der Waals surface area contributed by atoms with Crippen molar-refractivity contribution >= 4 is 23.2 Å². The highest BCUT2D eigenvalue weighted by molar-refractivity contribution is 6.30. The lowest BCUT2D eigenvalue weighted by Gasteiger charge is -2.04. The van der Waals surface area contributed by atoms with Crippen LogP contribution in [0.1, 0.15) is 11.5 Å². The van der Waals surface area contributed by atoms with Crippen LogP contribution in [-0.2, 0) is 11.2 Å². The Morgan fingerprint density at radius 3 is 2.52 bits per heavy atom. The molecule has 0 bridgehead atoms. The van der Waals surface area contributed by atoms with Crippen molar-refractivity contribution in [2.24, 2.45) is 0 Å². The number of nitrogens with zero attached hydrogens (tertiary/aromatic N) is 1. The van der Waals surface area contributed by atoms with Gasteiger partial charge in [0, 0.05) is 16.3 Å². The number of oxazole rings is 1. The lowest BCUT2D eigenvalue weighted by Crippen LogP contribution is -2.15. The number of amides is 1. The largest absolute Gasteiger partial charge is 0.441 e. The van der Waals surface area contributed by atoms with E-state index in [2.05, 4.69) is 10.3 Å². The molecule has 0 saturated carbocycles. The Hall–Kier alpha value is -2.59. The first-order valence-corrected chi connectivity index (χ1v) is 7.57. The maximum Gasteiger partial charge on any atom is 0.230 e. The summed E-state index contributed by atoms with van der Waals surface area (Å²) in [5, 5.41) is 3.44. The first kappa shape index (κ1) is 15.3. The van der Waals surface area contributed by atoms with Crippen molar-refractivity contribution in [1.82, 2.24) is 4.98 Å². The van der Waals surface area contributed by atoms with E-state index in [0.717, 1.165) is 5.56 Å². The summed E-state index contributed by atoms with van der Waals surface area (Å²) in [7, 11) is 0. The smallest absolute Gasteiger partial charge is 0.230 e. The van der Waals surface area contributed by atoms with Gasteiger partial charge in [-0.15, -0.1) is 0 Å². The van der Waals surface area contributed by atoms with Crippen LogP contribution in [0.2, 0.25) is 5.02 Å². The summed E-state index contributed by atoms with van der Waals surface area (Å²) in [6.07, 6.45) is 0.158. The number of anilines is 1. The molecule has 0 fully saturated rings. The van der Waals surface area contributed by atoms with Gasteiger partial charge >= 0.3 is 0 Å². The normalized spacial score (nSPS) is 10.5. The molecule has 0 radical (unpaired) electrons. The second-order valence-corrected chi connectivity index (χ2v) is 5.56. The van der Waals surface area contributed by atoms with E-state index in [-0.39, 0.29) is 12.3 Å². The number of halogens is 1. The van der Waals surface area contributed by atoms with E-state index in [9.17, 15) is 4.79 Å². The van der Waals surface area contributed by atoms with Gasteiger partial charge in [0.25, 0.3) is 0 Å². The molecule has 23 heavy (non-hydrogen) atoms. The van der Waals surface area contributed by atoms with Crippen LogP contribution in [0, 0.1) is 6.92 Å². The molecule has 0 aliphatic rings. The van der Waals surface area contributed by atoms with E-state index in [1.165, 1.54) is 0 Å². The van der Waals surface area contributed by atoms with Crippen LogP contribution < -0.4 is 5.32 Å². The monoisotopic (exact) mass is 326 g/mol. The van der Waals surface area contributed by atoms with Gasteiger partial charge in [0.15, 0.2) is 0 Å². The summed E-state index contributed by atoms with van der Waals surface area (Å²) < 4.78 is 5.66. The predicted octanol–water partition coefficient (Wildman–Crippen LogP) is 4.48. The fourth-order valence-corrected chi connectivity index (χ4v) is 2.31. The molecule has 1 aromatic heterocycles. The average molecular weight is 327 g/mol. The van der Waals surface area contributed by atoms with E-state index < -0.39 is 0 Å². The van der Waals surface area contributed by atoms with Gasteiger partial charge in [0.05, 0.1) is 12.1 Å². The molecule has 0 aliphatic heterocycles. The summed E-state index contributed by atoms with van der Waals surface area (Å²) in [6.45, 7) is 1.81. The van der Waals surface area contributed by atoms with Crippen molar-refractivity contribution in [1.29, 1.82) is 0 Å². The Morgan fingerprint density at radius 2 is 1.83 bits per heavy atom. The highest BCUT2D eigenvalue weighted by Gasteiger charge is 2.14. The summed E-state index contributed by atoms with van der Waals surface area (Å²) in [5.41, 5.74) is 2.22. The minimum Gasteiger partial charge on any atom is -0.441 e. The lowest BCUT2D eigenvalue weighted by molar-refractivity contribution is -0.115. The van der Waals surface area contributed by atoms with Gasteiger partial charge in [-0.1, -0.05) is 29.8 Å². The summed E-state index contributed by atoms with van der Waals surface area (Å²) >= 11 is 5.82.